The number of halogens is 1. The number of aromatic nitrogens is 6. The first-order valence-corrected chi connectivity index (χ1v) is 14.1. The molecule has 5 aromatic heterocycles. The zero-order valence-corrected chi connectivity index (χ0v) is 22.7. The van der Waals surface area contributed by atoms with Crippen LogP contribution in [0.5, 0.6) is 5.75 Å². The van der Waals surface area contributed by atoms with E-state index in [0.29, 0.717) is 40.5 Å². The number of H-pyrrole nitrogens is 2. The molecule has 42 heavy (non-hydrogen) atoms. The summed E-state index contributed by atoms with van der Waals surface area (Å²) in [6.07, 6.45) is 14.9. The summed E-state index contributed by atoms with van der Waals surface area (Å²) in [5.41, 5.74) is 6.25. The number of carbonyl (C=O) groups is 1. The maximum absolute atomic E-state index is 14.0. The van der Waals surface area contributed by atoms with E-state index in [2.05, 4.69) is 35.5 Å². The van der Waals surface area contributed by atoms with E-state index < -0.39 is 5.82 Å². The smallest absolute Gasteiger partial charge is 0.224 e. The van der Waals surface area contributed by atoms with E-state index in [1.165, 1.54) is 31.4 Å². The van der Waals surface area contributed by atoms with Gasteiger partial charge in [-0.05, 0) is 54.7 Å². The van der Waals surface area contributed by atoms with Crippen LogP contribution in [0.3, 0.4) is 0 Å². The van der Waals surface area contributed by atoms with Crippen molar-refractivity contribution in [2.24, 2.45) is 5.92 Å². The Bertz CT molecular complexity index is 1920. The SMILES string of the molecule is O=C(CC1CCCCC1)Nc1cncc(-c2cnc3[nH]nc(-c4cc5c(-c6cc(O)cc(F)c6)cncc5[nH]4)c3c2)c1. The number of anilines is 1. The van der Waals surface area contributed by atoms with Crippen LogP contribution in [0, 0.1) is 11.7 Å². The van der Waals surface area contributed by atoms with Gasteiger partial charge in [0.2, 0.25) is 5.91 Å². The molecule has 9 nitrogen and oxygen atoms in total. The molecule has 1 aliphatic rings. The lowest BCUT2D eigenvalue weighted by Crippen LogP contribution is -2.18. The maximum Gasteiger partial charge on any atom is 0.224 e. The van der Waals surface area contributed by atoms with Gasteiger partial charge in [-0.1, -0.05) is 19.3 Å². The lowest BCUT2D eigenvalue weighted by Gasteiger charge is -2.20. The highest BCUT2D eigenvalue weighted by Crippen LogP contribution is 2.35. The highest BCUT2D eigenvalue weighted by atomic mass is 19.1. The molecule has 1 aromatic carbocycles. The zero-order chi connectivity index (χ0) is 28.6. The van der Waals surface area contributed by atoms with Crippen molar-refractivity contribution in [2.75, 3.05) is 5.32 Å². The first kappa shape index (κ1) is 25.8. The van der Waals surface area contributed by atoms with Crippen molar-refractivity contribution in [3.63, 3.8) is 0 Å². The topological polar surface area (TPSA) is 132 Å². The van der Waals surface area contributed by atoms with Crippen LogP contribution in [-0.2, 0) is 4.79 Å². The Kier molecular flexibility index (Phi) is 6.58. The van der Waals surface area contributed by atoms with Crippen molar-refractivity contribution in [3.05, 3.63) is 73.2 Å². The van der Waals surface area contributed by atoms with Gasteiger partial charge in [-0.25, -0.2) is 9.37 Å². The van der Waals surface area contributed by atoms with E-state index in [0.717, 1.165) is 52.0 Å². The average molecular weight is 562 g/mol. The number of carbonyl (C=O) groups excluding carboxylic acids is 1. The predicted molar refractivity (Wildman–Crippen MR) is 159 cm³/mol. The number of nitrogens with zero attached hydrogens (tertiary/aromatic N) is 4. The van der Waals surface area contributed by atoms with Gasteiger partial charge < -0.3 is 15.4 Å². The Morgan fingerprint density at radius 3 is 2.60 bits per heavy atom. The normalized spacial score (nSPS) is 14.0. The molecule has 1 saturated carbocycles. The summed E-state index contributed by atoms with van der Waals surface area (Å²) in [5, 5.41) is 22.1. The summed E-state index contributed by atoms with van der Waals surface area (Å²) in [7, 11) is 0. The minimum absolute atomic E-state index is 0.0210. The maximum atomic E-state index is 14.0. The summed E-state index contributed by atoms with van der Waals surface area (Å²) in [6, 6.07) is 9.76. The van der Waals surface area contributed by atoms with E-state index in [-0.39, 0.29) is 11.7 Å². The van der Waals surface area contributed by atoms with E-state index >= 15 is 0 Å². The Morgan fingerprint density at radius 1 is 0.905 bits per heavy atom. The van der Waals surface area contributed by atoms with Crippen LogP contribution in [0.2, 0.25) is 0 Å². The molecule has 0 bridgehead atoms. The summed E-state index contributed by atoms with van der Waals surface area (Å²) in [5.74, 6) is -0.208. The number of benzene rings is 1. The van der Waals surface area contributed by atoms with E-state index in [1.807, 2.05) is 18.2 Å². The summed E-state index contributed by atoms with van der Waals surface area (Å²) >= 11 is 0. The number of nitrogens with one attached hydrogen (secondary N) is 3. The van der Waals surface area contributed by atoms with Gasteiger partial charge in [-0.2, -0.15) is 5.10 Å². The Hall–Kier alpha value is -5.12. The molecule has 0 aliphatic heterocycles. The second-order valence-electron chi connectivity index (χ2n) is 10.9. The largest absolute Gasteiger partial charge is 0.508 e. The average Bonchev–Trinajstić information content (AvgIpc) is 3.61. The Labute approximate surface area is 240 Å². The number of aromatic amines is 2. The molecule has 1 fully saturated rings. The number of hydrogen-bond donors (Lipinski definition) is 4. The molecule has 0 saturated heterocycles. The van der Waals surface area contributed by atoms with Gasteiger partial charge in [-0.15, -0.1) is 0 Å². The van der Waals surface area contributed by atoms with Gasteiger partial charge in [0.25, 0.3) is 0 Å². The highest BCUT2D eigenvalue weighted by molar-refractivity contribution is 6.01. The summed E-state index contributed by atoms with van der Waals surface area (Å²) in [4.78, 5) is 29.3. The molecule has 6 aromatic rings. The quantitative estimate of drug-likeness (QED) is 0.173. The fourth-order valence-electron chi connectivity index (χ4n) is 5.94. The second kappa shape index (κ2) is 10.7. The monoisotopic (exact) mass is 561 g/mol. The van der Waals surface area contributed by atoms with Gasteiger partial charge >= 0.3 is 0 Å². The highest BCUT2D eigenvalue weighted by Gasteiger charge is 2.18. The van der Waals surface area contributed by atoms with Gasteiger partial charge in [0, 0.05) is 58.5 Å². The van der Waals surface area contributed by atoms with Gasteiger partial charge in [-0.3, -0.25) is 19.9 Å². The van der Waals surface area contributed by atoms with Crippen molar-refractivity contribution in [1.29, 1.82) is 0 Å². The summed E-state index contributed by atoms with van der Waals surface area (Å²) in [6.45, 7) is 0. The van der Waals surface area contributed by atoms with Crippen LogP contribution in [0.4, 0.5) is 10.1 Å². The first-order chi connectivity index (χ1) is 20.5. The minimum Gasteiger partial charge on any atom is -0.508 e. The molecule has 10 heteroatoms. The molecule has 7 rings (SSSR count). The molecule has 210 valence electrons. The molecule has 5 heterocycles. The number of hydrogen-bond acceptors (Lipinski definition) is 6. The molecular formula is C32H28FN7O2. The molecule has 0 spiro atoms. The molecular weight excluding hydrogens is 533 g/mol. The van der Waals surface area contributed by atoms with Crippen LogP contribution in [0.15, 0.2) is 67.4 Å². The molecule has 0 atom stereocenters. The van der Waals surface area contributed by atoms with Crippen LogP contribution in [0.25, 0.3) is 55.6 Å². The third kappa shape index (κ3) is 5.07. The molecule has 1 aliphatic carbocycles. The number of amides is 1. The van der Waals surface area contributed by atoms with Gasteiger partial charge in [0.15, 0.2) is 5.65 Å². The van der Waals surface area contributed by atoms with E-state index in [4.69, 9.17) is 0 Å². The van der Waals surface area contributed by atoms with Crippen molar-refractivity contribution < 1.29 is 14.3 Å². The third-order valence-electron chi connectivity index (χ3n) is 7.96. The van der Waals surface area contributed by atoms with Gasteiger partial charge in [0.05, 0.1) is 29.3 Å². The van der Waals surface area contributed by atoms with Crippen LogP contribution >= 0.6 is 0 Å². The molecule has 1 amide bonds. The number of aromatic hydroxyl groups is 1. The van der Waals surface area contributed by atoms with E-state index in [9.17, 15) is 14.3 Å². The fourth-order valence-corrected chi connectivity index (χ4v) is 5.94. The minimum atomic E-state index is -0.531. The van der Waals surface area contributed by atoms with Crippen LogP contribution < -0.4 is 5.32 Å². The zero-order valence-electron chi connectivity index (χ0n) is 22.7. The van der Waals surface area contributed by atoms with Gasteiger partial charge in [0.1, 0.15) is 17.3 Å². The lowest BCUT2D eigenvalue weighted by atomic mass is 9.87. The van der Waals surface area contributed by atoms with Crippen molar-refractivity contribution in [2.45, 2.75) is 38.5 Å². The number of pyridine rings is 3. The third-order valence-corrected chi connectivity index (χ3v) is 7.96. The summed E-state index contributed by atoms with van der Waals surface area (Å²) < 4.78 is 14.0. The number of rotatable bonds is 6. The molecule has 0 unspecified atom stereocenters. The van der Waals surface area contributed by atoms with Crippen molar-refractivity contribution in [3.8, 4) is 39.4 Å². The molecule has 0 radical (unpaired) electrons. The standard InChI is InChI=1S/C32H28FN7O2/c33-22-7-19(9-24(41)11-22)27-16-35-17-29-25(27)12-28(38-29)31-26-10-21(14-36-32(26)40-39-31)20-8-23(15-34-13-20)37-30(42)6-18-4-2-1-3-5-18/h7-18,38,41H,1-6H2,(H,37,42)(H,36,39,40). The predicted octanol–water partition coefficient (Wildman–Crippen LogP) is 6.98. The first-order valence-electron chi connectivity index (χ1n) is 14.1. The van der Waals surface area contributed by atoms with E-state index in [1.54, 1.807) is 31.0 Å². The van der Waals surface area contributed by atoms with Crippen molar-refractivity contribution >= 4 is 33.5 Å². The van der Waals surface area contributed by atoms with Crippen LogP contribution in [0.1, 0.15) is 38.5 Å². The Morgan fingerprint density at radius 2 is 1.74 bits per heavy atom. The van der Waals surface area contributed by atoms with Crippen LogP contribution in [-0.4, -0.2) is 41.1 Å². The fraction of sp³-hybridized carbons (Fsp3) is 0.219. The Balaban J connectivity index is 1.20. The molecule has 4 N–H and O–H groups in total. The number of phenolic OH excluding ortho intramolecular Hbond substituents is 1. The number of phenols is 1. The number of fused-ring (bicyclic) bond motifs is 2. The second-order valence-corrected chi connectivity index (χ2v) is 10.9. The lowest BCUT2D eigenvalue weighted by molar-refractivity contribution is -0.117. The van der Waals surface area contributed by atoms with Crippen molar-refractivity contribution in [1.82, 2.24) is 30.1 Å².